The molecule has 0 aliphatic carbocycles. The van der Waals surface area contributed by atoms with Crippen molar-refractivity contribution >= 4 is 5.97 Å². The Bertz CT molecular complexity index is 408. The Hall–Kier alpha value is -1.51. The van der Waals surface area contributed by atoms with Crippen LogP contribution in [0, 0.1) is 0 Å². The van der Waals surface area contributed by atoms with Gasteiger partial charge in [0.15, 0.2) is 0 Å². The first-order chi connectivity index (χ1) is 7.90. The minimum absolute atomic E-state index is 0.0418. The minimum atomic E-state index is -0.324. The average molecular weight is 236 g/mol. The Balaban J connectivity index is 3.14. The number of methoxy groups -OCH3 is 1. The number of esters is 1. The van der Waals surface area contributed by atoms with Gasteiger partial charge in [-0.05, 0) is 23.5 Å². The van der Waals surface area contributed by atoms with Crippen LogP contribution in [-0.2, 0) is 10.2 Å². The first-order valence-corrected chi connectivity index (χ1v) is 5.77. The highest BCUT2D eigenvalue weighted by Crippen LogP contribution is 2.36. The molecule has 0 aromatic heterocycles. The van der Waals surface area contributed by atoms with Crippen molar-refractivity contribution < 1.29 is 14.3 Å². The van der Waals surface area contributed by atoms with Crippen LogP contribution in [0.1, 0.15) is 39.7 Å². The molecule has 0 spiro atoms. The van der Waals surface area contributed by atoms with Gasteiger partial charge in [0.2, 0.25) is 0 Å². The van der Waals surface area contributed by atoms with E-state index in [9.17, 15) is 4.79 Å². The molecule has 0 saturated carbocycles. The lowest BCUT2D eigenvalue weighted by molar-refractivity contribution is -0.131. The van der Waals surface area contributed by atoms with E-state index in [4.69, 9.17) is 9.47 Å². The number of benzene rings is 1. The molecule has 3 nitrogen and oxygen atoms in total. The van der Waals surface area contributed by atoms with Crippen molar-refractivity contribution in [3.8, 4) is 11.5 Å². The Morgan fingerprint density at radius 2 is 2.00 bits per heavy atom. The number of rotatable bonds is 4. The molecule has 3 heteroatoms. The minimum Gasteiger partial charge on any atom is -0.496 e. The summed E-state index contributed by atoms with van der Waals surface area (Å²) in [6.45, 7) is 7.85. The normalized spacial score (nSPS) is 11.1. The zero-order chi connectivity index (χ0) is 13.1. The number of hydrogen-bond acceptors (Lipinski definition) is 3. The Labute approximate surface area is 103 Å². The molecule has 0 atom stereocenters. The summed E-state index contributed by atoms with van der Waals surface area (Å²) >= 11 is 0. The first kappa shape index (κ1) is 13.6. The lowest BCUT2D eigenvalue weighted by Crippen LogP contribution is -2.16. The topological polar surface area (TPSA) is 35.5 Å². The summed E-state index contributed by atoms with van der Waals surface area (Å²) in [6, 6.07) is 5.52. The van der Waals surface area contributed by atoms with E-state index in [1.54, 1.807) is 19.2 Å². The zero-order valence-electron chi connectivity index (χ0n) is 11.2. The van der Waals surface area contributed by atoms with E-state index < -0.39 is 0 Å². The Morgan fingerprint density at radius 1 is 1.35 bits per heavy atom. The Morgan fingerprint density at radius 3 is 2.47 bits per heavy atom. The molecule has 0 fully saturated rings. The van der Waals surface area contributed by atoms with Crippen molar-refractivity contribution in [1.82, 2.24) is 0 Å². The molecule has 0 heterocycles. The fourth-order valence-electron chi connectivity index (χ4n) is 1.65. The molecule has 1 aromatic rings. The van der Waals surface area contributed by atoms with Gasteiger partial charge in [-0.25, -0.2) is 0 Å². The predicted molar refractivity (Wildman–Crippen MR) is 67.6 cm³/mol. The largest absolute Gasteiger partial charge is 0.496 e. The van der Waals surface area contributed by atoms with Crippen LogP contribution in [0.2, 0.25) is 0 Å². The molecule has 17 heavy (non-hydrogen) atoms. The maximum atomic E-state index is 10.9. The summed E-state index contributed by atoms with van der Waals surface area (Å²) in [5.41, 5.74) is 1.17. The van der Waals surface area contributed by atoms with Gasteiger partial charge >= 0.3 is 5.97 Å². The highest BCUT2D eigenvalue weighted by atomic mass is 16.5. The fourth-order valence-corrected chi connectivity index (χ4v) is 1.65. The molecule has 0 bridgehead atoms. The van der Waals surface area contributed by atoms with Gasteiger partial charge in [-0.2, -0.15) is 0 Å². The van der Waals surface area contributed by atoms with Crippen LogP contribution < -0.4 is 9.47 Å². The van der Waals surface area contributed by atoms with Crippen molar-refractivity contribution in [3.63, 3.8) is 0 Å². The highest BCUT2D eigenvalue weighted by molar-refractivity contribution is 5.69. The summed E-state index contributed by atoms with van der Waals surface area (Å²) in [7, 11) is 1.63. The van der Waals surface area contributed by atoms with E-state index in [1.165, 1.54) is 6.92 Å². The summed E-state index contributed by atoms with van der Waals surface area (Å²) < 4.78 is 10.4. The van der Waals surface area contributed by atoms with Crippen LogP contribution in [-0.4, -0.2) is 13.1 Å². The number of carbonyl (C=O) groups excluding carboxylic acids is 1. The summed E-state index contributed by atoms with van der Waals surface area (Å²) in [6.07, 6.45) is 1.01. The van der Waals surface area contributed by atoms with Crippen molar-refractivity contribution in [2.45, 2.75) is 39.5 Å². The molecule has 0 unspecified atom stereocenters. The molecule has 0 radical (unpaired) electrons. The molecule has 0 aliphatic heterocycles. The molecular formula is C14H20O3. The van der Waals surface area contributed by atoms with Gasteiger partial charge in [0.05, 0.1) is 7.11 Å². The molecule has 94 valence electrons. The second kappa shape index (κ2) is 5.21. The third-order valence-corrected chi connectivity index (χ3v) is 3.05. The van der Waals surface area contributed by atoms with E-state index in [2.05, 4.69) is 20.8 Å². The molecule has 1 rings (SSSR count). The smallest absolute Gasteiger partial charge is 0.308 e. The van der Waals surface area contributed by atoms with Gasteiger partial charge < -0.3 is 9.47 Å². The second-order valence-corrected chi connectivity index (χ2v) is 4.69. The average Bonchev–Trinajstić information content (AvgIpc) is 2.27. The van der Waals surface area contributed by atoms with Crippen LogP contribution in [0.15, 0.2) is 18.2 Å². The van der Waals surface area contributed by atoms with Crippen LogP contribution in [0.4, 0.5) is 0 Å². The van der Waals surface area contributed by atoms with Crippen molar-refractivity contribution in [2.75, 3.05) is 7.11 Å². The molecule has 1 aromatic carbocycles. The van der Waals surface area contributed by atoms with Crippen LogP contribution in [0.3, 0.4) is 0 Å². The van der Waals surface area contributed by atoms with Crippen LogP contribution in [0.25, 0.3) is 0 Å². The third-order valence-electron chi connectivity index (χ3n) is 3.05. The summed E-state index contributed by atoms with van der Waals surface area (Å²) in [4.78, 5) is 10.9. The van der Waals surface area contributed by atoms with E-state index in [-0.39, 0.29) is 11.4 Å². The summed E-state index contributed by atoms with van der Waals surface area (Å²) in [5, 5.41) is 0. The van der Waals surface area contributed by atoms with Crippen molar-refractivity contribution in [2.24, 2.45) is 0 Å². The van der Waals surface area contributed by atoms with E-state index in [0.29, 0.717) is 5.75 Å². The van der Waals surface area contributed by atoms with Gasteiger partial charge in [-0.1, -0.05) is 26.8 Å². The zero-order valence-corrected chi connectivity index (χ0v) is 11.2. The first-order valence-electron chi connectivity index (χ1n) is 5.77. The number of carbonyl (C=O) groups is 1. The molecule has 0 amide bonds. The molecule has 0 saturated heterocycles. The van der Waals surface area contributed by atoms with E-state index in [1.807, 2.05) is 6.07 Å². The van der Waals surface area contributed by atoms with Crippen LogP contribution in [0.5, 0.6) is 11.5 Å². The van der Waals surface area contributed by atoms with Gasteiger partial charge in [-0.3, -0.25) is 4.79 Å². The number of ether oxygens (including phenoxy) is 2. The quantitative estimate of drug-likeness (QED) is 0.594. The van der Waals surface area contributed by atoms with Crippen LogP contribution >= 0.6 is 0 Å². The van der Waals surface area contributed by atoms with Gasteiger partial charge in [0, 0.05) is 13.0 Å². The second-order valence-electron chi connectivity index (χ2n) is 4.69. The van der Waals surface area contributed by atoms with E-state index >= 15 is 0 Å². The summed E-state index contributed by atoms with van der Waals surface area (Å²) in [5.74, 6) is 0.954. The van der Waals surface area contributed by atoms with Gasteiger partial charge in [0.25, 0.3) is 0 Å². The lowest BCUT2D eigenvalue weighted by atomic mass is 9.81. The maximum absolute atomic E-state index is 10.9. The monoisotopic (exact) mass is 236 g/mol. The molecular weight excluding hydrogens is 216 g/mol. The standard InChI is InChI=1S/C14H20O3/c1-6-14(3,4)12-8-7-11(17-10(2)15)9-13(12)16-5/h7-9H,6H2,1-5H3. The molecule has 0 N–H and O–H groups in total. The number of hydrogen-bond donors (Lipinski definition) is 0. The molecule has 0 aliphatic rings. The van der Waals surface area contributed by atoms with E-state index in [0.717, 1.165) is 17.7 Å². The SMILES string of the molecule is CCC(C)(C)c1ccc(OC(C)=O)cc1OC. The lowest BCUT2D eigenvalue weighted by Gasteiger charge is -2.25. The third kappa shape index (κ3) is 3.22. The van der Waals surface area contributed by atoms with Gasteiger partial charge in [0.1, 0.15) is 11.5 Å². The highest BCUT2D eigenvalue weighted by Gasteiger charge is 2.22. The fraction of sp³-hybridized carbons (Fsp3) is 0.500. The van der Waals surface area contributed by atoms with Gasteiger partial charge in [-0.15, -0.1) is 0 Å². The van der Waals surface area contributed by atoms with Crippen molar-refractivity contribution in [3.05, 3.63) is 23.8 Å². The Kier molecular flexibility index (Phi) is 4.16. The maximum Gasteiger partial charge on any atom is 0.308 e. The van der Waals surface area contributed by atoms with Crippen molar-refractivity contribution in [1.29, 1.82) is 0 Å². The predicted octanol–water partition coefficient (Wildman–Crippen LogP) is 3.31.